The molecule has 0 unspecified atom stereocenters. The summed E-state index contributed by atoms with van der Waals surface area (Å²) in [6.45, 7) is 7.17. The molecule has 0 fully saturated rings. The molecule has 148 valence electrons. The van der Waals surface area contributed by atoms with Gasteiger partial charge >= 0.3 is 0 Å². The van der Waals surface area contributed by atoms with Crippen LogP contribution in [-0.2, 0) is 6.42 Å². The normalized spacial score (nSPS) is 17.2. The Kier molecular flexibility index (Phi) is 4.06. The SMILES string of the molecule is Cc1nccc(-c2ccc3c(c2)N(c2nc4c(s2)C(=O)NC(C)(C)C4)CCO3)n1. The van der Waals surface area contributed by atoms with Crippen LogP contribution >= 0.6 is 11.3 Å². The minimum Gasteiger partial charge on any atom is -0.490 e. The predicted molar refractivity (Wildman–Crippen MR) is 112 cm³/mol. The summed E-state index contributed by atoms with van der Waals surface area (Å²) in [6.07, 6.45) is 2.49. The van der Waals surface area contributed by atoms with Crippen LogP contribution in [0.1, 0.15) is 35.0 Å². The standard InChI is InChI=1S/C21H21N5O2S/c1-12-22-7-6-14(23-12)13-4-5-17-16(10-13)26(8-9-28-17)20-24-15-11-21(2,3)25-19(27)18(15)29-20/h4-7,10H,8-9,11H2,1-3H3,(H,25,27). The molecule has 3 aromatic rings. The molecule has 2 aliphatic rings. The molecule has 29 heavy (non-hydrogen) atoms. The summed E-state index contributed by atoms with van der Waals surface area (Å²) in [5.41, 5.74) is 3.39. The summed E-state index contributed by atoms with van der Waals surface area (Å²) in [5, 5.41) is 3.88. The zero-order valence-electron chi connectivity index (χ0n) is 16.5. The molecule has 1 amide bonds. The van der Waals surface area contributed by atoms with Crippen LogP contribution in [0.3, 0.4) is 0 Å². The highest BCUT2D eigenvalue weighted by atomic mass is 32.1. The summed E-state index contributed by atoms with van der Waals surface area (Å²) in [6, 6.07) is 7.95. The Hall–Kier alpha value is -3.00. The van der Waals surface area contributed by atoms with E-state index in [1.165, 1.54) is 11.3 Å². The van der Waals surface area contributed by atoms with Crippen LogP contribution in [0.5, 0.6) is 5.75 Å². The van der Waals surface area contributed by atoms with E-state index < -0.39 is 0 Å². The molecule has 7 nitrogen and oxygen atoms in total. The number of thiazole rings is 1. The maximum absolute atomic E-state index is 12.5. The molecule has 8 heteroatoms. The largest absolute Gasteiger partial charge is 0.490 e. The minimum atomic E-state index is -0.281. The van der Waals surface area contributed by atoms with Gasteiger partial charge in [-0.15, -0.1) is 0 Å². The number of fused-ring (bicyclic) bond motifs is 2. The average molecular weight is 407 g/mol. The lowest BCUT2D eigenvalue weighted by Gasteiger charge is -2.29. The van der Waals surface area contributed by atoms with Crippen LogP contribution in [0, 0.1) is 6.92 Å². The molecule has 2 aliphatic heterocycles. The fraction of sp³-hybridized carbons (Fsp3) is 0.333. The Bertz CT molecular complexity index is 1120. The average Bonchev–Trinajstić information content (AvgIpc) is 3.10. The number of rotatable bonds is 2. The lowest BCUT2D eigenvalue weighted by molar-refractivity contribution is 0.0901. The lowest BCUT2D eigenvalue weighted by Crippen LogP contribution is -2.48. The smallest absolute Gasteiger partial charge is 0.263 e. The van der Waals surface area contributed by atoms with E-state index in [0.717, 1.165) is 45.8 Å². The number of carbonyl (C=O) groups excluding carboxylic acids is 1. The van der Waals surface area contributed by atoms with Gasteiger partial charge in [0.15, 0.2) is 5.13 Å². The van der Waals surface area contributed by atoms with Crippen LogP contribution in [0.15, 0.2) is 30.5 Å². The third-order valence-electron chi connectivity index (χ3n) is 5.08. The molecular formula is C21H21N5O2S. The van der Waals surface area contributed by atoms with Crippen molar-refractivity contribution in [1.29, 1.82) is 0 Å². The van der Waals surface area contributed by atoms with Crippen molar-refractivity contribution in [3.8, 4) is 17.0 Å². The molecule has 0 bridgehead atoms. The van der Waals surface area contributed by atoms with Gasteiger partial charge in [0, 0.05) is 23.7 Å². The molecule has 0 atom stereocenters. The third kappa shape index (κ3) is 3.23. The molecule has 0 aliphatic carbocycles. The van der Waals surface area contributed by atoms with Crippen molar-refractivity contribution < 1.29 is 9.53 Å². The van der Waals surface area contributed by atoms with Crippen LogP contribution in [-0.4, -0.2) is 39.5 Å². The molecule has 5 rings (SSSR count). The number of anilines is 2. The Balaban J connectivity index is 1.56. The second-order valence-electron chi connectivity index (χ2n) is 7.96. The number of nitrogens with zero attached hydrogens (tertiary/aromatic N) is 4. The Labute approximate surface area is 172 Å². The zero-order chi connectivity index (χ0) is 20.2. The molecule has 0 saturated carbocycles. The van der Waals surface area contributed by atoms with Gasteiger partial charge in [0.2, 0.25) is 0 Å². The number of aryl methyl sites for hydroxylation is 1. The summed E-state index contributed by atoms with van der Waals surface area (Å²) in [7, 11) is 0. The lowest BCUT2D eigenvalue weighted by atomic mass is 9.94. The van der Waals surface area contributed by atoms with Gasteiger partial charge < -0.3 is 15.0 Å². The highest BCUT2D eigenvalue weighted by Crippen LogP contribution is 2.42. The molecule has 1 aromatic carbocycles. The first kappa shape index (κ1) is 18.1. The first-order valence-corrected chi connectivity index (χ1v) is 10.4. The van der Waals surface area contributed by atoms with Gasteiger partial charge in [-0.05, 0) is 45.0 Å². The number of carbonyl (C=O) groups is 1. The minimum absolute atomic E-state index is 0.0429. The fourth-order valence-corrected chi connectivity index (χ4v) is 4.79. The number of amides is 1. The maximum atomic E-state index is 12.5. The Morgan fingerprint density at radius 3 is 2.93 bits per heavy atom. The highest BCUT2D eigenvalue weighted by molar-refractivity contribution is 7.17. The molecule has 4 heterocycles. The Morgan fingerprint density at radius 2 is 2.10 bits per heavy atom. The predicted octanol–water partition coefficient (Wildman–Crippen LogP) is 3.50. The highest BCUT2D eigenvalue weighted by Gasteiger charge is 2.34. The van der Waals surface area contributed by atoms with Crippen LogP contribution in [0.2, 0.25) is 0 Å². The summed E-state index contributed by atoms with van der Waals surface area (Å²) < 4.78 is 5.87. The summed E-state index contributed by atoms with van der Waals surface area (Å²) >= 11 is 1.44. The number of nitrogens with one attached hydrogen (secondary N) is 1. The van der Waals surface area contributed by atoms with Gasteiger partial charge in [-0.25, -0.2) is 15.0 Å². The van der Waals surface area contributed by atoms with Crippen molar-refractivity contribution in [3.63, 3.8) is 0 Å². The van der Waals surface area contributed by atoms with E-state index in [1.54, 1.807) is 6.20 Å². The number of benzene rings is 1. The molecule has 2 aromatic heterocycles. The molecule has 0 spiro atoms. The molecular weight excluding hydrogens is 386 g/mol. The van der Waals surface area contributed by atoms with E-state index in [4.69, 9.17) is 9.72 Å². The van der Waals surface area contributed by atoms with E-state index in [9.17, 15) is 4.79 Å². The van der Waals surface area contributed by atoms with Crippen LogP contribution in [0.4, 0.5) is 10.8 Å². The van der Waals surface area contributed by atoms with Gasteiger partial charge in [0.05, 0.1) is 23.6 Å². The number of aromatic nitrogens is 3. The molecule has 0 saturated heterocycles. The fourth-order valence-electron chi connectivity index (χ4n) is 3.77. The van der Waals surface area contributed by atoms with E-state index >= 15 is 0 Å². The maximum Gasteiger partial charge on any atom is 0.263 e. The van der Waals surface area contributed by atoms with Gasteiger partial charge in [0.1, 0.15) is 23.1 Å². The Morgan fingerprint density at radius 1 is 1.24 bits per heavy atom. The monoisotopic (exact) mass is 407 g/mol. The van der Waals surface area contributed by atoms with Crippen molar-refractivity contribution >= 4 is 28.1 Å². The number of hydrogen-bond donors (Lipinski definition) is 1. The van der Waals surface area contributed by atoms with Crippen LogP contribution in [0.25, 0.3) is 11.3 Å². The number of ether oxygens (including phenoxy) is 1. The summed E-state index contributed by atoms with van der Waals surface area (Å²) in [5.74, 6) is 1.50. The van der Waals surface area contributed by atoms with Gasteiger partial charge in [-0.2, -0.15) is 0 Å². The van der Waals surface area contributed by atoms with E-state index in [0.29, 0.717) is 18.0 Å². The number of hydrogen-bond acceptors (Lipinski definition) is 7. The van der Waals surface area contributed by atoms with E-state index in [-0.39, 0.29) is 11.4 Å². The van der Waals surface area contributed by atoms with Gasteiger partial charge in [0.25, 0.3) is 5.91 Å². The zero-order valence-corrected chi connectivity index (χ0v) is 17.3. The van der Waals surface area contributed by atoms with Gasteiger partial charge in [-0.1, -0.05) is 11.3 Å². The second kappa shape index (κ2) is 6.52. The van der Waals surface area contributed by atoms with Crippen molar-refractivity contribution in [1.82, 2.24) is 20.3 Å². The van der Waals surface area contributed by atoms with Crippen LogP contribution < -0.4 is 15.0 Å². The second-order valence-corrected chi connectivity index (χ2v) is 8.94. The quantitative estimate of drug-likeness (QED) is 0.700. The van der Waals surface area contributed by atoms with Crippen molar-refractivity contribution in [2.24, 2.45) is 0 Å². The molecule has 1 N–H and O–H groups in total. The van der Waals surface area contributed by atoms with Crippen molar-refractivity contribution in [3.05, 3.63) is 46.9 Å². The van der Waals surface area contributed by atoms with Crippen molar-refractivity contribution in [2.45, 2.75) is 32.7 Å². The first-order chi connectivity index (χ1) is 13.9. The molecule has 0 radical (unpaired) electrons. The van der Waals surface area contributed by atoms with Crippen molar-refractivity contribution in [2.75, 3.05) is 18.1 Å². The third-order valence-corrected chi connectivity index (χ3v) is 6.20. The topological polar surface area (TPSA) is 80.2 Å². The van der Waals surface area contributed by atoms with E-state index in [1.807, 2.05) is 39.0 Å². The van der Waals surface area contributed by atoms with E-state index in [2.05, 4.69) is 26.3 Å². The summed E-state index contributed by atoms with van der Waals surface area (Å²) in [4.78, 5) is 28.9. The first-order valence-electron chi connectivity index (χ1n) is 9.56. The van der Waals surface area contributed by atoms with Gasteiger partial charge in [-0.3, -0.25) is 4.79 Å².